The number of esters is 1. The molecule has 3 aromatic rings. The van der Waals surface area contributed by atoms with Crippen LogP contribution in [-0.4, -0.2) is 40.8 Å². The molecule has 1 aliphatic rings. The van der Waals surface area contributed by atoms with Crippen LogP contribution >= 0.6 is 15.9 Å². The monoisotopic (exact) mass is 555 g/mol. The Balaban J connectivity index is 1.56. The summed E-state index contributed by atoms with van der Waals surface area (Å²) in [6.07, 6.45) is 3.42. The van der Waals surface area contributed by atoms with Gasteiger partial charge in [-0.15, -0.1) is 0 Å². The minimum absolute atomic E-state index is 0.0783. The Labute approximate surface area is 215 Å². The fourth-order valence-electron chi connectivity index (χ4n) is 3.70. The normalized spacial score (nSPS) is 16.1. The molecule has 1 saturated carbocycles. The van der Waals surface area contributed by atoms with Crippen LogP contribution in [0.25, 0.3) is 0 Å². The van der Waals surface area contributed by atoms with Crippen molar-refractivity contribution < 1.29 is 23.5 Å². The molecule has 2 atom stereocenters. The first kappa shape index (κ1) is 25.2. The zero-order chi connectivity index (χ0) is 25.8. The number of aromatic nitrogens is 2. The fourth-order valence-corrected chi connectivity index (χ4v) is 3.93. The van der Waals surface area contributed by atoms with Crippen LogP contribution in [0.15, 0.2) is 53.3 Å². The summed E-state index contributed by atoms with van der Waals surface area (Å²) in [4.78, 5) is 46.1. The van der Waals surface area contributed by atoms with E-state index in [-0.39, 0.29) is 34.6 Å². The van der Waals surface area contributed by atoms with E-state index in [2.05, 4.69) is 41.8 Å². The first-order valence-electron chi connectivity index (χ1n) is 11.2. The Hall–Kier alpha value is -3.86. The molecule has 1 aromatic carbocycles. The molecule has 0 aliphatic heterocycles. The molecule has 36 heavy (non-hydrogen) atoms. The second kappa shape index (κ2) is 10.8. The Bertz CT molecular complexity index is 1300. The maximum Gasteiger partial charge on any atom is 0.345 e. The number of ether oxygens (including phenoxy) is 1. The van der Waals surface area contributed by atoms with Crippen LogP contribution < -0.4 is 20.7 Å². The third kappa shape index (κ3) is 5.68. The molecule has 9 nitrogen and oxygen atoms in total. The Morgan fingerprint density at radius 3 is 2.47 bits per heavy atom. The molecule has 1 aliphatic carbocycles. The predicted octanol–water partition coefficient (Wildman–Crippen LogP) is 4.91. The standard InChI is InChI=1S/C25H23BrFN5O4/c1-3-19(33)15-6-7-17(27)22(23(15)36-24(34)13-4-8-20(28-2)29-11-13)16-10-18(16)31-25(35)32-21-9-5-14(26)12-30-21/h4-9,11-12,16,18H,3,10H2,1-2H3,(H,28,29)(H2,30,31,32,35)/t16-,18+/m0/s1. The van der Waals surface area contributed by atoms with Crippen molar-refractivity contribution in [3.05, 3.63) is 75.8 Å². The number of hydrogen-bond donors (Lipinski definition) is 3. The maximum absolute atomic E-state index is 15.1. The van der Waals surface area contributed by atoms with Gasteiger partial charge in [-0.3, -0.25) is 10.1 Å². The van der Waals surface area contributed by atoms with Gasteiger partial charge in [0.05, 0.1) is 11.1 Å². The van der Waals surface area contributed by atoms with Crippen molar-refractivity contribution in [1.29, 1.82) is 0 Å². The summed E-state index contributed by atoms with van der Waals surface area (Å²) in [6, 6.07) is 8.04. The highest BCUT2D eigenvalue weighted by Crippen LogP contribution is 2.47. The molecule has 2 heterocycles. The number of carbonyl (C=O) groups is 3. The third-order valence-electron chi connectivity index (χ3n) is 5.66. The highest BCUT2D eigenvalue weighted by molar-refractivity contribution is 9.10. The van der Waals surface area contributed by atoms with E-state index in [1.807, 2.05) is 0 Å². The van der Waals surface area contributed by atoms with Crippen molar-refractivity contribution in [3.8, 4) is 5.75 Å². The summed E-state index contributed by atoms with van der Waals surface area (Å²) in [5.41, 5.74) is 0.330. The first-order chi connectivity index (χ1) is 17.3. The van der Waals surface area contributed by atoms with Gasteiger partial charge >= 0.3 is 12.0 Å². The van der Waals surface area contributed by atoms with Gasteiger partial charge in [0.2, 0.25) is 0 Å². The van der Waals surface area contributed by atoms with Gasteiger partial charge in [-0.2, -0.15) is 0 Å². The van der Waals surface area contributed by atoms with Crippen molar-refractivity contribution in [1.82, 2.24) is 15.3 Å². The van der Waals surface area contributed by atoms with Crippen molar-refractivity contribution in [3.63, 3.8) is 0 Å². The van der Waals surface area contributed by atoms with Gasteiger partial charge in [0.15, 0.2) is 5.78 Å². The maximum atomic E-state index is 15.1. The van der Waals surface area contributed by atoms with Gasteiger partial charge < -0.3 is 15.4 Å². The number of ketones is 1. The lowest BCUT2D eigenvalue weighted by atomic mass is 10.00. The molecule has 0 saturated heterocycles. The molecule has 0 spiro atoms. The molecular weight excluding hydrogens is 533 g/mol. The lowest BCUT2D eigenvalue weighted by Gasteiger charge is -2.15. The van der Waals surface area contributed by atoms with E-state index < -0.39 is 29.8 Å². The van der Waals surface area contributed by atoms with Crippen LogP contribution in [0.3, 0.4) is 0 Å². The second-order valence-electron chi connectivity index (χ2n) is 8.09. The second-order valence-corrected chi connectivity index (χ2v) is 9.01. The molecule has 2 amide bonds. The Kier molecular flexibility index (Phi) is 7.58. The van der Waals surface area contributed by atoms with E-state index >= 15 is 4.39 Å². The number of anilines is 2. The lowest BCUT2D eigenvalue weighted by molar-refractivity contribution is 0.0729. The molecule has 4 rings (SSSR count). The minimum atomic E-state index is -0.772. The molecule has 3 N–H and O–H groups in total. The van der Waals surface area contributed by atoms with E-state index in [1.54, 1.807) is 38.4 Å². The lowest BCUT2D eigenvalue weighted by Crippen LogP contribution is -2.31. The van der Waals surface area contributed by atoms with Crippen molar-refractivity contribution >= 4 is 45.3 Å². The van der Waals surface area contributed by atoms with Gasteiger partial charge in [0, 0.05) is 47.9 Å². The van der Waals surface area contributed by atoms with Crippen molar-refractivity contribution in [2.75, 3.05) is 17.7 Å². The smallest absolute Gasteiger partial charge is 0.345 e. The summed E-state index contributed by atoms with van der Waals surface area (Å²) in [6.45, 7) is 1.67. The molecular formula is C25H23BrFN5O4. The molecule has 0 radical (unpaired) electrons. The number of hydrogen-bond acceptors (Lipinski definition) is 7. The molecule has 1 fully saturated rings. The number of urea groups is 1. The molecule has 2 aromatic heterocycles. The number of rotatable bonds is 8. The highest BCUT2D eigenvalue weighted by Gasteiger charge is 2.44. The number of benzene rings is 1. The molecule has 0 unspecified atom stereocenters. The third-order valence-corrected chi connectivity index (χ3v) is 6.13. The number of Topliss-reactive ketones (excluding diaryl/α,β-unsaturated/α-hetero) is 1. The van der Waals surface area contributed by atoms with Gasteiger partial charge in [0.25, 0.3) is 0 Å². The quantitative estimate of drug-likeness (QED) is 0.205. The summed E-state index contributed by atoms with van der Waals surface area (Å²) in [5, 5.41) is 8.23. The SMILES string of the molecule is CCC(=O)c1ccc(F)c([C@H]2C[C@H]2NC(=O)Nc2ccc(Br)cn2)c1OC(=O)c1ccc(NC)nc1. The zero-order valence-corrected chi connectivity index (χ0v) is 21.1. The number of nitrogens with one attached hydrogen (secondary N) is 3. The fraction of sp³-hybridized carbons (Fsp3) is 0.240. The average molecular weight is 556 g/mol. The average Bonchev–Trinajstić information content (AvgIpc) is 3.63. The summed E-state index contributed by atoms with van der Waals surface area (Å²) >= 11 is 3.28. The molecule has 0 bridgehead atoms. The van der Waals surface area contributed by atoms with E-state index in [9.17, 15) is 14.4 Å². The molecule has 11 heteroatoms. The van der Waals surface area contributed by atoms with E-state index in [0.717, 1.165) is 4.47 Å². The van der Waals surface area contributed by atoms with Gasteiger partial charge in [-0.1, -0.05) is 6.92 Å². The number of pyridine rings is 2. The van der Waals surface area contributed by atoms with Crippen LogP contribution in [0.2, 0.25) is 0 Å². The number of carbonyl (C=O) groups excluding carboxylic acids is 3. The number of amides is 2. The van der Waals surface area contributed by atoms with E-state index in [1.165, 1.54) is 24.4 Å². The predicted molar refractivity (Wildman–Crippen MR) is 135 cm³/mol. The largest absolute Gasteiger partial charge is 0.422 e. The zero-order valence-electron chi connectivity index (χ0n) is 19.5. The minimum Gasteiger partial charge on any atom is -0.422 e. The Morgan fingerprint density at radius 1 is 1.08 bits per heavy atom. The number of nitrogens with zero attached hydrogens (tertiary/aromatic N) is 2. The summed E-state index contributed by atoms with van der Waals surface area (Å²) in [5.74, 6) is -1.40. The van der Waals surface area contributed by atoms with Crippen LogP contribution in [0, 0.1) is 5.82 Å². The van der Waals surface area contributed by atoms with Gasteiger partial charge in [-0.25, -0.2) is 23.9 Å². The highest BCUT2D eigenvalue weighted by atomic mass is 79.9. The number of halogens is 2. The van der Waals surface area contributed by atoms with Crippen LogP contribution in [0.4, 0.5) is 20.8 Å². The van der Waals surface area contributed by atoms with Gasteiger partial charge in [-0.05, 0) is 58.7 Å². The Morgan fingerprint density at radius 2 is 1.83 bits per heavy atom. The van der Waals surface area contributed by atoms with Crippen molar-refractivity contribution in [2.45, 2.75) is 31.7 Å². The van der Waals surface area contributed by atoms with E-state index in [4.69, 9.17) is 4.74 Å². The summed E-state index contributed by atoms with van der Waals surface area (Å²) < 4.78 is 21.4. The topological polar surface area (TPSA) is 122 Å². The first-order valence-corrected chi connectivity index (χ1v) is 12.0. The van der Waals surface area contributed by atoms with Crippen LogP contribution in [0.1, 0.15) is 52.0 Å². The molecule has 186 valence electrons. The van der Waals surface area contributed by atoms with Crippen LogP contribution in [0.5, 0.6) is 5.75 Å². The van der Waals surface area contributed by atoms with Crippen molar-refractivity contribution in [2.24, 2.45) is 0 Å². The van der Waals surface area contributed by atoms with E-state index in [0.29, 0.717) is 18.1 Å². The van der Waals surface area contributed by atoms with Crippen LogP contribution in [-0.2, 0) is 0 Å². The van der Waals surface area contributed by atoms with Gasteiger partial charge in [0.1, 0.15) is 23.2 Å². The summed E-state index contributed by atoms with van der Waals surface area (Å²) in [7, 11) is 1.69.